The number of likely N-dealkylation sites (tertiary alicyclic amines) is 1. The molecular weight excluding hydrogens is 304 g/mol. The lowest BCUT2D eigenvalue weighted by Gasteiger charge is -2.35. The summed E-state index contributed by atoms with van der Waals surface area (Å²) in [5, 5.41) is 0. The number of benzene rings is 1. The Bertz CT molecular complexity index is 750. The number of aromatic nitrogens is 1. The normalized spacial score (nSPS) is 21.6. The van der Waals surface area contributed by atoms with Gasteiger partial charge < -0.3 is 14.5 Å². The number of H-pyrrole nitrogens is 1. The molecule has 0 amide bonds. The van der Waals surface area contributed by atoms with Gasteiger partial charge in [-0.25, -0.2) is 0 Å². The molecule has 1 aromatic heterocycles. The van der Waals surface area contributed by atoms with Gasteiger partial charge in [-0.3, -0.25) is 9.69 Å². The molecule has 2 aliphatic heterocycles. The van der Waals surface area contributed by atoms with Gasteiger partial charge in [0, 0.05) is 18.8 Å². The maximum Gasteiger partial charge on any atom is 0.248 e. The summed E-state index contributed by atoms with van der Waals surface area (Å²) in [5.41, 5.74) is 1.14. The number of pyridine rings is 1. The summed E-state index contributed by atoms with van der Waals surface area (Å²) in [6, 6.07) is 11.6. The molecule has 1 atom stereocenters. The Morgan fingerprint density at radius 1 is 1.12 bits per heavy atom. The fourth-order valence-corrected chi connectivity index (χ4v) is 3.61. The van der Waals surface area contributed by atoms with Crippen molar-refractivity contribution < 1.29 is 9.47 Å². The second-order valence-electron chi connectivity index (χ2n) is 6.56. The highest BCUT2D eigenvalue weighted by atomic mass is 16.6. The van der Waals surface area contributed by atoms with E-state index >= 15 is 0 Å². The largest absolute Gasteiger partial charge is 0.486 e. The van der Waals surface area contributed by atoms with Crippen LogP contribution in [0.3, 0.4) is 0 Å². The maximum atomic E-state index is 11.5. The van der Waals surface area contributed by atoms with Crippen molar-refractivity contribution >= 4 is 0 Å². The second kappa shape index (κ2) is 6.69. The third kappa shape index (κ3) is 3.31. The minimum Gasteiger partial charge on any atom is -0.486 e. The van der Waals surface area contributed by atoms with Gasteiger partial charge >= 0.3 is 0 Å². The molecule has 5 heteroatoms. The quantitative estimate of drug-likeness (QED) is 0.941. The molecule has 0 radical (unpaired) electrons. The van der Waals surface area contributed by atoms with Crippen LogP contribution < -0.4 is 15.0 Å². The Kier molecular flexibility index (Phi) is 4.26. The SMILES string of the molecule is O=c1cc(C2CCN(CC3COc4ccccc4O3)CC2)cc[nH]1. The zero-order valence-electron chi connectivity index (χ0n) is 13.6. The fourth-order valence-electron chi connectivity index (χ4n) is 3.61. The summed E-state index contributed by atoms with van der Waals surface area (Å²) in [7, 11) is 0. The number of hydrogen-bond donors (Lipinski definition) is 1. The molecule has 1 saturated heterocycles. The van der Waals surface area contributed by atoms with Gasteiger partial charge in [0.2, 0.25) is 5.56 Å². The summed E-state index contributed by atoms with van der Waals surface area (Å²) in [6.45, 7) is 3.54. The lowest BCUT2D eigenvalue weighted by Crippen LogP contribution is -2.44. The van der Waals surface area contributed by atoms with Crippen molar-refractivity contribution in [2.45, 2.75) is 24.9 Å². The summed E-state index contributed by atoms with van der Waals surface area (Å²) in [4.78, 5) is 16.6. The summed E-state index contributed by atoms with van der Waals surface area (Å²) >= 11 is 0. The van der Waals surface area contributed by atoms with Crippen LogP contribution in [-0.4, -0.2) is 42.2 Å². The van der Waals surface area contributed by atoms with Gasteiger partial charge in [0.1, 0.15) is 12.7 Å². The zero-order chi connectivity index (χ0) is 16.4. The van der Waals surface area contributed by atoms with Crippen LogP contribution in [0, 0.1) is 0 Å². The number of nitrogens with one attached hydrogen (secondary N) is 1. The molecule has 24 heavy (non-hydrogen) atoms. The molecule has 1 aromatic carbocycles. The van der Waals surface area contributed by atoms with Crippen LogP contribution >= 0.6 is 0 Å². The average molecular weight is 326 g/mol. The molecule has 5 nitrogen and oxygen atoms in total. The minimum absolute atomic E-state index is 0.0126. The molecule has 0 bridgehead atoms. The van der Waals surface area contributed by atoms with Gasteiger partial charge in [-0.1, -0.05) is 12.1 Å². The van der Waals surface area contributed by atoms with Crippen molar-refractivity contribution in [2.75, 3.05) is 26.2 Å². The van der Waals surface area contributed by atoms with E-state index in [1.54, 1.807) is 12.3 Å². The Balaban J connectivity index is 1.32. The van der Waals surface area contributed by atoms with Crippen molar-refractivity contribution in [1.29, 1.82) is 0 Å². The smallest absolute Gasteiger partial charge is 0.248 e. The minimum atomic E-state index is -0.0126. The van der Waals surface area contributed by atoms with E-state index in [-0.39, 0.29) is 11.7 Å². The van der Waals surface area contributed by atoms with E-state index in [1.165, 1.54) is 0 Å². The molecule has 1 fully saturated rings. The van der Waals surface area contributed by atoms with Crippen LogP contribution in [0.15, 0.2) is 47.4 Å². The van der Waals surface area contributed by atoms with Gasteiger partial charge in [-0.05, 0) is 55.6 Å². The Morgan fingerprint density at radius 2 is 1.92 bits per heavy atom. The molecular formula is C19H22N2O3. The molecule has 0 saturated carbocycles. The Morgan fingerprint density at radius 3 is 2.71 bits per heavy atom. The summed E-state index contributed by atoms with van der Waals surface area (Å²) in [6.07, 6.45) is 3.98. The van der Waals surface area contributed by atoms with Crippen molar-refractivity contribution in [3.05, 3.63) is 58.5 Å². The molecule has 4 rings (SSSR count). The predicted octanol–water partition coefficient (Wildman–Crippen LogP) is 2.39. The number of ether oxygens (including phenoxy) is 2. The monoisotopic (exact) mass is 326 g/mol. The van der Waals surface area contributed by atoms with Gasteiger partial charge in [-0.15, -0.1) is 0 Å². The zero-order valence-corrected chi connectivity index (χ0v) is 13.6. The van der Waals surface area contributed by atoms with Gasteiger partial charge in [-0.2, -0.15) is 0 Å². The fraction of sp³-hybridized carbons (Fsp3) is 0.421. The van der Waals surface area contributed by atoms with Gasteiger partial charge in [0.05, 0.1) is 0 Å². The highest BCUT2D eigenvalue weighted by Gasteiger charge is 2.26. The average Bonchev–Trinajstić information content (AvgIpc) is 2.62. The Hall–Kier alpha value is -2.27. The van der Waals surface area contributed by atoms with Crippen molar-refractivity contribution in [3.8, 4) is 11.5 Å². The molecule has 3 heterocycles. The third-order valence-corrected chi connectivity index (χ3v) is 4.89. The third-order valence-electron chi connectivity index (χ3n) is 4.89. The van der Waals surface area contributed by atoms with E-state index in [0.29, 0.717) is 12.5 Å². The van der Waals surface area contributed by atoms with E-state index in [0.717, 1.165) is 49.5 Å². The molecule has 1 N–H and O–H groups in total. The standard InChI is InChI=1S/C19H22N2O3/c22-19-11-15(5-8-20-19)14-6-9-21(10-7-14)12-16-13-23-17-3-1-2-4-18(17)24-16/h1-5,8,11,14,16H,6-7,9-10,12-13H2,(H,20,22). The number of aromatic amines is 1. The Labute approximate surface area is 141 Å². The van der Waals surface area contributed by atoms with E-state index in [1.807, 2.05) is 30.3 Å². The molecule has 1 unspecified atom stereocenters. The van der Waals surface area contributed by atoms with Gasteiger partial charge in [0.25, 0.3) is 0 Å². The van der Waals surface area contributed by atoms with Crippen molar-refractivity contribution in [1.82, 2.24) is 9.88 Å². The lowest BCUT2D eigenvalue weighted by atomic mass is 9.90. The first-order valence-corrected chi connectivity index (χ1v) is 8.57. The molecule has 126 valence electrons. The van der Waals surface area contributed by atoms with Crippen LogP contribution in [0.2, 0.25) is 0 Å². The van der Waals surface area contributed by atoms with Gasteiger partial charge in [0.15, 0.2) is 11.5 Å². The highest BCUT2D eigenvalue weighted by molar-refractivity contribution is 5.40. The summed E-state index contributed by atoms with van der Waals surface area (Å²) < 4.78 is 11.8. The molecule has 2 aliphatic rings. The lowest BCUT2D eigenvalue weighted by molar-refractivity contribution is 0.0514. The van der Waals surface area contributed by atoms with E-state index in [9.17, 15) is 4.79 Å². The number of fused-ring (bicyclic) bond motifs is 1. The number of rotatable bonds is 3. The van der Waals surface area contributed by atoms with E-state index in [4.69, 9.17) is 9.47 Å². The van der Waals surface area contributed by atoms with Crippen LogP contribution in [0.1, 0.15) is 24.3 Å². The number of para-hydroxylation sites is 2. The van der Waals surface area contributed by atoms with Crippen LogP contribution in [0.25, 0.3) is 0 Å². The first kappa shape index (κ1) is 15.3. The number of nitrogens with zero attached hydrogens (tertiary/aromatic N) is 1. The van der Waals surface area contributed by atoms with Crippen molar-refractivity contribution in [2.24, 2.45) is 0 Å². The molecule has 2 aromatic rings. The second-order valence-corrected chi connectivity index (χ2v) is 6.56. The van der Waals surface area contributed by atoms with Crippen LogP contribution in [-0.2, 0) is 0 Å². The van der Waals surface area contributed by atoms with E-state index in [2.05, 4.69) is 9.88 Å². The number of piperidine rings is 1. The number of hydrogen-bond acceptors (Lipinski definition) is 4. The first-order chi connectivity index (χ1) is 11.8. The van der Waals surface area contributed by atoms with Crippen LogP contribution in [0.4, 0.5) is 0 Å². The first-order valence-electron chi connectivity index (χ1n) is 8.57. The maximum absolute atomic E-state index is 11.5. The van der Waals surface area contributed by atoms with E-state index < -0.39 is 0 Å². The highest BCUT2D eigenvalue weighted by Crippen LogP contribution is 2.32. The molecule has 0 aliphatic carbocycles. The molecule has 0 spiro atoms. The van der Waals surface area contributed by atoms with Crippen molar-refractivity contribution in [3.63, 3.8) is 0 Å². The topological polar surface area (TPSA) is 54.6 Å². The predicted molar refractivity (Wildman–Crippen MR) is 91.8 cm³/mol. The summed E-state index contributed by atoms with van der Waals surface area (Å²) in [5.74, 6) is 2.15. The van der Waals surface area contributed by atoms with Crippen LogP contribution in [0.5, 0.6) is 11.5 Å².